The zero-order valence-electron chi connectivity index (χ0n) is 15.9. The van der Waals surface area contributed by atoms with Gasteiger partial charge in [0.1, 0.15) is 0 Å². The van der Waals surface area contributed by atoms with Gasteiger partial charge in [-0.1, -0.05) is 12.1 Å². The van der Waals surface area contributed by atoms with Gasteiger partial charge in [0.2, 0.25) is 0 Å². The number of benzene rings is 1. The van der Waals surface area contributed by atoms with E-state index < -0.39 is 0 Å². The highest BCUT2D eigenvalue weighted by Crippen LogP contribution is 2.28. The first-order valence-corrected chi connectivity index (χ1v) is 9.99. The highest BCUT2D eigenvalue weighted by atomic mass is 32.1. The average Bonchev–Trinajstić information content (AvgIpc) is 3.17. The largest absolute Gasteiger partial charge is 0.493 e. The first kappa shape index (κ1) is 20.1. The number of aryl methyl sites for hydroxylation is 1. The van der Waals surface area contributed by atoms with Crippen LogP contribution in [0.3, 0.4) is 0 Å². The lowest BCUT2D eigenvalue weighted by molar-refractivity contribution is 0.310. The SMILES string of the molecule is CCNC(=NCc1cccs1)NCCCc1ccc(OC)c(OCC)c1. The Morgan fingerprint density at radius 1 is 1.15 bits per heavy atom. The zero-order valence-corrected chi connectivity index (χ0v) is 16.7. The van der Waals surface area contributed by atoms with E-state index in [-0.39, 0.29) is 0 Å². The Morgan fingerprint density at radius 2 is 2.04 bits per heavy atom. The summed E-state index contributed by atoms with van der Waals surface area (Å²) < 4.78 is 11.0. The summed E-state index contributed by atoms with van der Waals surface area (Å²) in [6.07, 6.45) is 1.99. The molecule has 0 fully saturated rings. The monoisotopic (exact) mass is 375 g/mol. The van der Waals surface area contributed by atoms with Crippen molar-refractivity contribution in [2.24, 2.45) is 4.99 Å². The Hall–Kier alpha value is -2.21. The summed E-state index contributed by atoms with van der Waals surface area (Å²) in [6, 6.07) is 10.3. The Kier molecular flexibility index (Phi) is 8.83. The van der Waals surface area contributed by atoms with Gasteiger partial charge in [0.05, 0.1) is 20.3 Å². The number of nitrogens with zero attached hydrogens (tertiary/aromatic N) is 1. The number of nitrogens with one attached hydrogen (secondary N) is 2. The zero-order chi connectivity index (χ0) is 18.6. The highest BCUT2D eigenvalue weighted by molar-refractivity contribution is 7.09. The number of aliphatic imine (C=N–C) groups is 1. The standard InChI is InChI=1S/C20H29N3O2S/c1-4-21-20(23-15-17-9-7-13-26-17)22-12-6-8-16-10-11-18(24-3)19(14-16)25-5-2/h7,9-11,13-14H,4-6,8,12,15H2,1-3H3,(H2,21,22,23). The molecule has 2 N–H and O–H groups in total. The fraction of sp³-hybridized carbons (Fsp3) is 0.450. The van der Waals surface area contributed by atoms with E-state index in [9.17, 15) is 0 Å². The normalized spacial score (nSPS) is 11.3. The second-order valence-corrected chi connectivity index (χ2v) is 6.76. The minimum Gasteiger partial charge on any atom is -0.493 e. The molecule has 0 aliphatic carbocycles. The molecular formula is C20H29N3O2S. The molecule has 6 heteroatoms. The molecule has 1 aromatic heterocycles. The minimum absolute atomic E-state index is 0.633. The van der Waals surface area contributed by atoms with Gasteiger partial charge in [0, 0.05) is 18.0 Å². The van der Waals surface area contributed by atoms with Crippen molar-refractivity contribution in [3.05, 3.63) is 46.2 Å². The van der Waals surface area contributed by atoms with E-state index >= 15 is 0 Å². The van der Waals surface area contributed by atoms with Crippen molar-refractivity contribution in [2.75, 3.05) is 26.8 Å². The van der Waals surface area contributed by atoms with Gasteiger partial charge in [-0.05, 0) is 55.8 Å². The topological polar surface area (TPSA) is 54.9 Å². The van der Waals surface area contributed by atoms with Gasteiger partial charge in [0.25, 0.3) is 0 Å². The van der Waals surface area contributed by atoms with Crippen LogP contribution in [0.25, 0.3) is 0 Å². The van der Waals surface area contributed by atoms with Crippen molar-refractivity contribution in [2.45, 2.75) is 33.2 Å². The molecule has 0 spiro atoms. The third-order valence-electron chi connectivity index (χ3n) is 3.78. The lowest BCUT2D eigenvalue weighted by atomic mass is 10.1. The number of rotatable bonds is 10. The summed E-state index contributed by atoms with van der Waals surface area (Å²) in [5.74, 6) is 2.46. The molecule has 0 saturated carbocycles. The number of thiophene rings is 1. The van der Waals surface area contributed by atoms with Crippen LogP contribution in [0.1, 0.15) is 30.7 Å². The maximum Gasteiger partial charge on any atom is 0.191 e. The van der Waals surface area contributed by atoms with Gasteiger partial charge in [-0.2, -0.15) is 0 Å². The Balaban J connectivity index is 1.82. The van der Waals surface area contributed by atoms with Crippen LogP contribution in [0.5, 0.6) is 11.5 Å². The van der Waals surface area contributed by atoms with Crippen LogP contribution in [0.15, 0.2) is 40.7 Å². The van der Waals surface area contributed by atoms with E-state index in [1.54, 1.807) is 18.4 Å². The van der Waals surface area contributed by atoms with Crippen LogP contribution < -0.4 is 20.1 Å². The quantitative estimate of drug-likeness (QED) is 0.376. The average molecular weight is 376 g/mol. The second kappa shape index (κ2) is 11.4. The Bertz CT molecular complexity index is 672. The molecule has 26 heavy (non-hydrogen) atoms. The predicted octanol–water partition coefficient (Wildman–Crippen LogP) is 3.84. The Morgan fingerprint density at radius 3 is 2.73 bits per heavy atom. The predicted molar refractivity (Wildman–Crippen MR) is 110 cm³/mol. The molecule has 0 atom stereocenters. The van der Waals surface area contributed by atoms with Crippen LogP contribution in [-0.2, 0) is 13.0 Å². The fourth-order valence-corrected chi connectivity index (χ4v) is 3.17. The van der Waals surface area contributed by atoms with Crippen molar-refractivity contribution in [1.29, 1.82) is 0 Å². The van der Waals surface area contributed by atoms with Crippen molar-refractivity contribution in [3.8, 4) is 11.5 Å². The molecule has 0 aliphatic rings. The fourth-order valence-electron chi connectivity index (χ4n) is 2.55. The number of hydrogen-bond acceptors (Lipinski definition) is 4. The molecular weight excluding hydrogens is 346 g/mol. The molecule has 0 amide bonds. The van der Waals surface area contributed by atoms with Gasteiger partial charge >= 0.3 is 0 Å². The van der Waals surface area contributed by atoms with E-state index in [1.807, 2.05) is 13.0 Å². The van der Waals surface area contributed by atoms with Gasteiger partial charge in [-0.25, -0.2) is 4.99 Å². The highest BCUT2D eigenvalue weighted by Gasteiger charge is 2.05. The van der Waals surface area contributed by atoms with E-state index in [1.165, 1.54) is 10.4 Å². The van der Waals surface area contributed by atoms with Crippen LogP contribution in [0, 0.1) is 0 Å². The number of guanidine groups is 1. The van der Waals surface area contributed by atoms with Crippen LogP contribution in [0.4, 0.5) is 0 Å². The molecule has 0 saturated heterocycles. The Labute approximate surface area is 160 Å². The summed E-state index contributed by atoms with van der Waals surface area (Å²) >= 11 is 1.73. The summed E-state index contributed by atoms with van der Waals surface area (Å²) in [7, 11) is 1.67. The third kappa shape index (κ3) is 6.59. The molecule has 1 heterocycles. The number of methoxy groups -OCH3 is 1. The number of hydrogen-bond donors (Lipinski definition) is 2. The molecule has 1 aromatic carbocycles. The van der Waals surface area contributed by atoms with Gasteiger partial charge in [-0.15, -0.1) is 11.3 Å². The lowest BCUT2D eigenvalue weighted by Crippen LogP contribution is -2.37. The summed E-state index contributed by atoms with van der Waals surface area (Å²) in [5, 5.41) is 8.77. The van der Waals surface area contributed by atoms with E-state index in [4.69, 9.17) is 9.47 Å². The number of ether oxygens (including phenoxy) is 2. The first-order valence-electron chi connectivity index (χ1n) is 9.11. The third-order valence-corrected chi connectivity index (χ3v) is 4.64. The van der Waals surface area contributed by atoms with Gasteiger partial charge < -0.3 is 20.1 Å². The van der Waals surface area contributed by atoms with Crippen molar-refractivity contribution >= 4 is 17.3 Å². The molecule has 2 aromatic rings. The van der Waals surface area contributed by atoms with Crippen LogP contribution in [0.2, 0.25) is 0 Å². The van der Waals surface area contributed by atoms with Crippen molar-refractivity contribution < 1.29 is 9.47 Å². The minimum atomic E-state index is 0.633. The van der Waals surface area contributed by atoms with Gasteiger partial charge in [0.15, 0.2) is 17.5 Å². The van der Waals surface area contributed by atoms with Gasteiger partial charge in [-0.3, -0.25) is 0 Å². The first-order chi connectivity index (χ1) is 12.8. The molecule has 0 radical (unpaired) electrons. The van der Waals surface area contributed by atoms with E-state index in [0.29, 0.717) is 13.2 Å². The molecule has 5 nitrogen and oxygen atoms in total. The molecule has 0 unspecified atom stereocenters. The molecule has 142 valence electrons. The lowest BCUT2D eigenvalue weighted by Gasteiger charge is -2.12. The molecule has 2 rings (SSSR count). The molecule has 0 bridgehead atoms. The van der Waals surface area contributed by atoms with Crippen LogP contribution in [-0.4, -0.2) is 32.8 Å². The van der Waals surface area contributed by atoms with Crippen molar-refractivity contribution in [1.82, 2.24) is 10.6 Å². The van der Waals surface area contributed by atoms with Crippen LogP contribution >= 0.6 is 11.3 Å². The smallest absolute Gasteiger partial charge is 0.191 e. The van der Waals surface area contributed by atoms with E-state index in [0.717, 1.165) is 43.4 Å². The summed E-state index contributed by atoms with van der Waals surface area (Å²) in [6.45, 7) is 7.12. The maximum absolute atomic E-state index is 5.64. The second-order valence-electron chi connectivity index (χ2n) is 5.72. The molecule has 0 aliphatic heterocycles. The van der Waals surface area contributed by atoms with Crippen molar-refractivity contribution in [3.63, 3.8) is 0 Å². The van der Waals surface area contributed by atoms with E-state index in [2.05, 4.69) is 52.2 Å². The summed E-state index contributed by atoms with van der Waals surface area (Å²) in [4.78, 5) is 5.90. The summed E-state index contributed by atoms with van der Waals surface area (Å²) in [5.41, 5.74) is 1.25. The maximum atomic E-state index is 5.64.